The molecule has 0 radical (unpaired) electrons. The van der Waals surface area contributed by atoms with E-state index in [1.807, 2.05) is 27.0 Å². The third-order valence-electron chi connectivity index (χ3n) is 3.39. The first-order valence-electron chi connectivity index (χ1n) is 6.91. The number of ether oxygens (including phenoxy) is 2. The summed E-state index contributed by atoms with van der Waals surface area (Å²) in [5, 5.41) is 3.13. The molecule has 1 saturated heterocycles. The van der Waals surface area contributed by atoms with E-state index in [-0.39, 0.29) is 5.60 Å². The molecule has 5 nitrogen and oxygen atoms in total. The normalized spacial score (nSPS) is 18.5. The molecule has 0 bridgehead atoms. The van der Waals surface area contributed by atoms with Gasteiger partial charge in [0.1, 0.15) is 5.60 Å². The predicted molar refractivity (Wildman–Crippen MR) is 72.9 cm³/mol. The summed E-state index contributed by atoms with van der Waals surface area (Å²) in [4.78, 5) is 9.29. The Morgan fingerprint density at radius 2 is 2.11 bits per heavy atom. The molecule has 5 heteroatoms. The van der Waals surface area contributed by atoms with Crippen molar-refractivity contribution >= 4 is 0 Å². The third-order valence-corrected chi connectivity index (χ3v) is 3.39. The van der Waals surface area contributed by atoms with E-state index in [4.69, 9.17) is 9.47 Å². The highest BCUT2D eigenvalue weighted by Crippen LogP contribution is 2.34. The fraction of sp³-hybridized carbons (Fsp3) is 0.714. The number of rotatable bonds is 5. The van der Waals surface area contributed by atoms with Crippen LogP contribution < -0.4 is 5.32 Å². The van der Waals surface area contributed by atoms with Crippen LogP contribution in [0, 0.1) is 6.92 Å². The monoisotopic (exact) mass is 265 g/mol. The van der Waals surface area contributed by atoms with Gasteiger partial charge in [-0.3, -0.25) is 0 Å². The van der Waals surface area contributed by atoms with Gasteiger partial charge in [-0.25, -0.2) is 9.97 Å². The van der Waals surface area contributed by atoms with Crippen LogP contribution >= 0.6 is 0 Å². The maximum absolute atomic E-state index is 6.02. The third kappa shape index (κ3) is 3.29. The van der Waals surface area contributed by atoms with Crippen LogP contribution in [-0.2, 0) is 21.6 Å². The van der Waals surface area contributed by atoms with E-state index < -0.39 is 0 Å². The van der Waals surface area contributed by atoms with Crippen LogP contribution in [0.1, 0.15) is 37.0 Å². The van der Waals surface area contributed by atoms with Gasteiger partial charge in [-0.1, -0.05) is 0 Å². The Balaban J connectivity index is 2.34. The van der Waals surface area contributed by atoms with E-state index in [0.29, 0.717) is 19.8 Å². The summed E-state index contributed by atoms with van der Waals surface area (Å²) in [6, 6.07) is 2.01. The Morgan fingerprint density at radius 1 is 1.37 bits per heavy atom. The molecule has 0 amide bonds. The average Bonchev–Trinajstić information content (AvgIpc) is 2.40. The average molecular weight is 265 g/mol. The zero-order chi connectivity index (χ0) is 13.7. The molecule has 2 heterocycles. The van der Waals surface area contributed by atoms with Crippen molar-refractivity contribution in [3.8, 4) is 0 Å². The molecule has 0 spiro atoms. The van der Waals surface area contributed by atoms with Crippen molar-refractivity contribution in [3.05, 3.63) is 23.3 Å². The lowest BCUT2D eigenvalue weighted by Crippen LogP contribution is -2.38. The number of nitrogens with one attached hydrogen (secondary N) is 1. The first-order valence-corrected chi connectivity index (χ1v) is 6.91. The van der Waals surface area contributed by atoms with E-state index in [2.05, 4.69) is 15.3 Å². The topological polar surface area (TPSA) is 56.3 Å². The summed E-state index contributed by atoms with van der Waals surface area (Å²) in [7, 11) is 1.92. The van der Waals surface area contributed by atoms with Crippen molar-refractivity contribution in [2.75, 3.05) is 26.9 Å². The molecule has 1 aromatic heterocycles. The largest absolute Gasteiger partial charge is 0.381 e. The molecular weight excluding hydrogens is 242 g/mol. The van der Waals surface area contributed by atoms with Gasteiger partial charge in [-0.15, -0.1) is 0 Å². The van der Waals surface area contributed by atoms with Gasteiger partial charge in [0.05, 0.1) is 5.69 Å². The fourth-order valence-corrected chi connectivity index (χ4v) is 2.52. The van der Waals surface area contributed by atoms with Gasteiger partial charge in [0.25, 0.3) is 0 Å². The van der Waals surface area contributed by atoms with Crippen LogP contribution in [-0.4, -0.2) is 36.8 Å². The molecule has 0 saturated carbocycles. The number of aryl methyl sites for hydroxylation is 1. The first-order chi connectivity index (χ1) is 9.20. The molecule has 0 aromatic carbocycles. The molecule has 2 rings (SSSR count). The second kappa shape index (κ2) is 6.41. The minimum Gasteiger partial charge on any atom is -0.381 e. The van der Waals surface area contributed by atoms with E-state index in [1.54, 1.807) is 0 Å². The second-order valence-corrected chi connectivity index (χ2v) is 4.89. The molecule has 0 aliphatic carbocycles. The van der Waals surface area contributed by atoms with Crippen LogP contribution in [0.15, 0.2) is 6.07 Å². The Bertz CT molecular complexity index is 412. The van der Waals surface area contributed by atoms with Gasteiger partial charge >= 0.3 is 0 Å². The lowest BCUT2D eigenvalue weighted by atomic mass is 9.92. The maximum atomic E-state index is 6.02. The fourth-order valence-electron chi connectivity index (χ4n) is 2.52. The van der Waals surface area contributed by atoms with Gasteiger partial charge in [0.2, 0.25) is 0 Å². The summed E-state index contributed by atoms with van der Waals surface area (Å²) in [5.41, 5.74) is 1.62. The molecule has 19 heavy (non-hydrogen) atoms. The van der Waals surface area contributed by atoms with Crippen molar-refractivity contribution < 1.29 is 9.47 Å². The standard InChI is InChI=1S/C14H23N3O2/c1-4-19-14(5-7-18-8-6-14)13-16-11(2)9-12(17-13)10-15-3/h9,15H,4-8,10H2,1-3H3. The highest BCUT2D eigenvalue weighted by molar-refractivity contribution is 5.15. The Kier molecular flexibility index (Phi) is 4.85. The van der Waals surface area contributed by atoms with Gasteiger partial charge in [-0.2, -0.15) is 0 Å². The molecule has 0 unspecified atom stereocenters. The van der Waals surface area contributed by atoms with Gasteiger partial charge in [-0.05, 0) is 27.0 Å². The lowest BCUT2D eigenvalue weighted by molar-refractivity contribution is -0.118. The molecule has 1 aromatic rings. The van der Waals surface area contributed by atoms with Crippen molar-refractivity contribution in [2.45, 2.75) is 38.8 Å². The molecule has 1 fully saturated rings. The molecule has 1 aliphatic heterocycles. The number of nitrogens with zero attached hydrogens (tertiary/aromatic N) is 2. The Morgan fingerprint density at radius 3 is 2.74 bits per heavy atom. The van der Waals surface area contributed by atoms with Crippen molar-refractivity contribution in [1.29, 1.82) is 0 Å². The molecule has 1 aliphatic rings. The molecule has 0 atom stereocenters. The zero-order valence-corrected chi connectivity index (χ0v) is 12.0. The van der Waals surface area contributed by atoms with Crippen molar-refractivity contribution in [3.63, 3.8) is 0 Å². The van der Waals surface area contributed by atoms with Crippen LogP contribution in [0.25, 0.3) is 0 Å². The minimum atomic E-state index is -0.374. The lowest BCUT2D eigenvalue weighted by Gasteiger charge is -2.35. The van der Waals surface area contributed by atoms with Gasteiger partial charge < -0.3 is 14.8 Å². The molecular formula is C14H23N3O2. The second-order valence-electron chi connectivity index (χ2n) is 4.89. The number of hydrogen-bond donors (Lipinski definition) is 1. The van der Waals surface area contributed by atoms with Crippen LogP contribution in [0.3, 0.4) is 0 Å². The number of aromatic nitrogens is 2. The van der Waals surface area contributed by atoms with Crippen LogP contribution in [0.4, 0.5) is 0 Å². The van der Waals surface area contributed by atoms with E-state index in [1.165, 1.54) is 0 Å². The summed E-state index contributed by atoms with van der Waals surface area (Å²) in [6.07, 6.45) is 1.65. The first kappa shape index (κ1) is 14.4. The number of hydrogen-bond acceptors (Lipinski definition) is 5. The van der Waals surface area contributed by atoms with Crippen molar-refractivity contribution in [2.24, 2.45) is 0 Å². The van der Waals surface area contributed by atoms with Gasteiger partial charge in [0.15, 0.2) is 5.82 Å². The summed E-state index contributed by atoms with van der Waals surface area (Å²) >= 11 is 0. The van der Waals surface area contributed by atoms with E-state index in [9.17, 15) is 0 Å². The predicted octanol–water partition coefficient (Wildman–Crippen LogP) is 1.55. The summed E-state index contributed by atoms with van der Waals surface area (Å²) in [6.45, 7) is 6.84. The Labute approximate surface area is 114 Å². The highest BCUT2D eigenvalue weighted by Gasteiger charge is 2.38. The van der Waals surface area contributed by atoms with Crippen LogP contribution in [0.2, 0.25) is 0 Å². The smallest absolute Gasteiger partial charge is 0.160 e. The van der Waals surface area contributed by atoms with Gasteiger partial charge in [0, 0.05) is 44.9 Å². The quantitative estimate of drug-likeness (QED) is 0.875. The van der Waals surface area contributed by atoms with E-state index >= 15 is 0 Å². The SMILES string of the molecule is CCOC1(c2nc(C)cc(CNC)n2)CCOCC1. The van der Waals surface area contributed by atoms with Crippen LogP contribution in [0.5, 0.6) is 0 Å². The summed E-state index contributed by atoms with van der Waals surface area (Å²) in [5.74, 6) is 0.808. The summed E-state index contributed by atoms with van der Waals surface area (Å²) < 4.78 is 11.5. The highest BCUT2D eigenvalue weighted by atomic mass is 16.5. The molecule has 1 N–H and O–H groups in total. The van der Waals surface area contributed by atoms with E-state index in [0.717, 1.165) is 36.6 Å². The Hall–Kier alpha value is -1.04. The minimum absolute atomic E-state index is 0.374. The maximum Gasteiger partial charge on any atom is 0.160 e. The molecule has 106 valence electrons. The van der Waals surface area contributed by atoms with Crippen molar-refractivity contribution in [1.82, 2.24) is 15.3 Å². The zero-order valence-electron chi connectivity index (χ0n) is 12.0.